The lowest BCUT2D eigenvalue weighted by Gasteiger charge is -2.03. The second-order valence-electron chi connectivity index (χ2n) is 2.77. The molecule has 0 bridgehead atoms. The Kier molecular flexibility index (Phi) is 7.23. The SMILES string of the molecule is CC(=CCl)CSCCC(C)N. The van der Waals surface area contributed by atoms with Crippen LogP contribution in [0.15, 0.2) is 11.1 Å². The Bertz CT molecular complexity index is 123. The van der Waals surface area contributed by atoms with Crippen molar-refractivity contribution < 1.29 is 0 Å². The van der Waals surface area contributed by atoms with Gasteiger partial charge in [0, 0.05) is 17.3 Å². The molecule has 0 fully saturated rings. The summed E-state index contributed by atoms with van der Waals surface area (Å²) in [5.41, 5.74) is 8.45. The number of rotatable bonds is 5. The zero-order valence-corrected chi connectivity index (χ0v) is 8.71. The fourth-order valence-electron chi connectivity index (χ4n) is 0.534. The maximum atomic E-state index is 5.59. The molecule has 3 heteroatoms. The summed E-state index contributed by atoms with van der Waals surface area (Å²) in [7, 11) is 0. The maximum Gasteiger partial charge on any atom is 0.0152 e. The van der Waals surface area contributed by atoms with Crippen LogP contribution in [0.2, 0.25) is 0 Å². The summed E-state index contributed by atoms with van der Waals surface area (Å²) in [5, 5.41) is 0. The van der Waals surface area contributed by atoms with E-state index in [-0.39, 0.29) is 0 Å². The first-order valence-corrected chi connectivity index (χ1v) is 5.35. The van der Waals surface area contributed by atoms with Crippen LogP contribution in [0.1, 0.15) is 20.3 Å². The molecule has 0 aliphatic heterocycles. The molecule has 1 atom stereocenters. The van der Waals surface area contributed by atoms with Crippen LogP contribution < -0.4 is 5.73 Å². The van der Waals surface area contributed by atoms with Crippen molar-refractivity contribution in [3.63, 3.8) is 0 Å². The van der Waals surface area contributed by atoms with Crippen LogP contribution in [-0.2, 0) is 0 Å². The molecule has 0 spiro atoms. The summed E-state index contributed by atoms with van der Waals surface area (Å²) in [5.74, 6) is 2.15. The second-order valence-corrected chi connectivity index (χ2v) is 4.10. The van der Waals surface area contributed by atoms with E-state index in [1.54, 1.807) is 5.54 Å². The van der Waals surface area contributed by atoms with Crippen LogP contribution in [0.3, 0.4) is 0 Å². The lowest BCUT2D eigenvalue weighted by atomic mass is 10.3. The van der Waals surface area contributed by atoms with Gasteiger partial charge in [0.1, 0.15) is 0 Å². The number of hydrogen-bond acceptors (Lipinski definition) is 2. The summed E-state index contributed by atoms with van der Waals surface area (Å²) < 4.78 is 0. The molecule has 0 saturated heterocycles. The molecule has 0 amide bonds. The highest BCUT2D eigenvalue weighted by atomic mass is 35.5. The van der Waals surface area contributed by atoms with E-state index in [2.05, 4.69) is 0 Å². The lowest BCUT2D eigenvalue weighted by molar-refractivity contribution is 0.721. The molecule has 1 unspecified atom stereocenters. The molecule has 66 valence electrons. The number of halogens is 1. The van der Waals surface area contributed by atoms with Crippen LogP contribution in [0, 0.1) is 0 Å². The zero-order valence-electron chi connectivity index (χ0n) is 7.14. The van der Waals surface area contributed by atoms with Gasteiger partial charge in [-0.2, -0.15) is 11.8 Å². The molecule has 0 heterocycles. The van der Waals surface area contributed by atoms with E-state index >= 15 is 0 Å². The van der Waals surface area contributed by atoms with E-state index in [4.69, 9.17) is 17.3 Å². The Morgan fingerprint density at radius 3 is 2.82 bits per heavy atom. The first-order chi connectivity index (χ1) is 5.16. The minimum atomic E-state index is 0.322. The molecule has 11 heavy (non-hydrogen) atoms. The topological polar surface area (TPSA) is 26.0 Å². The molecule has 2 N–H and O–H groups in total. The van der Waals surface area contributed by atoms with E-state index in [0.717, 1.165) is 17.9 Å². The van der Waals surface area contributed by atoms with Crippen molar-refractivity contribution in [1.29, 1.82) is 0 Å². The molecule has 0 aromatic carbocycles. The van der Waals surface area contributed by atoms with Gasteiger partial charge in [-0.15, -0.1) is 0 Å². The summed E-state index contributed by atoms with van der Waals surface area (Å²) in [6.45, 7) is 4.07. The van der Waals surface area contributed by atoms with Gasteiger partial charge in [-0.3, -0.25) is 0 Å². The Morgan fingerprint density at radius 1 is 1.73 bits per heavy atom. The summed E-state index contributed by atoms with van der Waals surface area (Å²) in [4.78, 5) is 0. The summed E-state index contributed by atoms with van der Waals surface area (Å²) >= 11 is 7.37. The normalized spacial score (nSPS) is 15.1. The van der Waals surface area contributed by atoms with Gasteiger partial charge in [-0.05, 0) is 26.0 Å². The molecular weight excluding hydrogens is 178 g/mol. The Morgan fingerprint density at radius 2 is 2.36 bits per heavy atom. The minimum absolute atomic E-state index is 0.322. The molecule has 0 aliphatic rings. The van der Waals surface area contributed by atoms with Crippen molar-refractivity contribution in [2.24, 2.45) is 5.73 Å². The van der Waals surface area contributed by atoms with Crippen molar-refractivity contribution in [3.05, 3.63) is 11.1 Å². The van der Waals surface area contributed by atoms with E-state index in [1.165, 1.54) is 5.57 Å². The second kappa shape index (κ2) is 7.01. The van der Waals surface area contributed by atoms with Crippen LogP contribution in [0.5, 0.6) is 0 Å². The quantitative estimate of drug-likeness (QED) is 0.680. The molecular formula is C8H16ClNS. The third-order valence-electron chi connectivity index (χ3n) is 1.23. The molecule has 0 radical (unpaired) electrons. The van der Waals surface area contributed by atoms with Crippen LogP contribution in [0.25, 0.3) is 0 Å². The molecule has 0 aromatic rings. The van der Waals surface area contributed by atoms with Crippen LogP contribution in [-0.4, -0.2) is 17.5 Å². The highest BCUT2D eigenvalue weighted by Crippen LogP contribution is 2.09. The van der Waals surface area contributed by atoms with Gasteiger partial charge in [-0.1, -0.05) is 17.2 Å². The number of nitrogens with two attached hydrogens (primary N) is 1. The monoisotopic (exact) mass is 193 g/mol. The molecule has 0 saturated carbocycles. The van der Waals surface area contributed by atoms with Crippen molar-refractivity contribution in [2.75, 3.05) is 11.5 Å². The Labute approximate surface area is 78.4 Å². The summed E-state index contributed by atoms with van der Waals surface area (Å²) in [6.07, 6.45) is 1.08. The average Bonchev–Trinajstić information content (AvgIpc) is 1.97. The Hall–Kier alpha value is 0.340. The lowest BCUT2D eigenvalue weighted by Crippen LogP contribution is -2.15. The highest BCUT2D eigenvalue weighted by molar-refractivity contribution is 7.99. The highest BCUT2D eigenvalue weighted by Gasteiger charge is 1.94. The third-order valence-corrected chi connectivity index (χ3v) is 2.79. The van der Waals surface area contributed by atoms with Gasteiger partial charge < -0.3 is 5.73 Å². The predicted molar refractivity (Wildman–Crippen MR) is 55.2 cm³/mol. The first kappa shape index (κ1) is 11.3. The van der Waals surface area contributed by atoms with Gasteiger partial charge in [0.15, 0.2) is 0 Å². The van der Waals surface area contributed by atoms with E-state index in [1.807, 2.05) is 25.6 Å². The maximum absolute atomic E-state index is 5.59. The molecule has 0 rings (SSSR count). The first-order valence-electron chi connectivity index (χ1n) is 3.76. The zero-order chi connectivity index (χ0) is 8.69. The number of thioether (sulfide) groups is 1. The molecule has 0 aromatic heterocycles. The smallest absolute Gasteiger partial charge is 0.0152 e. The number of hydrogen-bond donors (Lipinski definition) is 1. The van der Waals surface area contributed by atoms with Crippen molar-refractivity contribution in [2.45, 2.75) is 26.3 Å². The predicted octanol–water partition coefficient (Wildman–Crippen LogP) is 2.60. The fourth-order valence-corrected chi connectivity index (χ4v) is 1.79. The largest absolute Gasteiger partial charge is 0.328 e. The van der Waals surface area contributed by atoms with Gasteiger partial charge in [0.2, 0.25) is 0 Å². The standard InChI is InChI=1S/C8H16ClNS/c1-7(5-9)6-11-4-3-8(2)10/h5,8H,3-4,6,10H2,1-2H3. The fraction of sp³-hybridized carbons (Fsp3) is 0.750. The van der Waals surface area contributed by atoms with Crippen molar-refractivity contribution in [1.82, 2.24) is 0 Å². The van der Waals surface area contributed by atoms with Gasteiger partial charge in [0.05, 0.1) is 0 Å². The Balaban J connectivity index is 3.15. The van der Waals surface area contributed by atoms with E-state index in [9.17, 15) is 0 Å². The van der Waals surface area contributed by atoms with Crippen LogP contribution in [0.4, 0.5) is 0 Å². The third kappa shape index (κ3) is 8.24. The summed E-state index contributed by atoms with van der Waals surface area (Å²) in [6, 6.07) is 0.322. The van der Waals surface area contributed by atoms with Crippen molar-refractivity contribution >= 4 is 23.4 Å². The van der Waals surface area contributed by atoms with Crippen molar-refractivity contribution in [3.8, 4) is 0 Å². The van der Waals surface area contributed by atoms with Gasteiger partial charge >= 0.3 is 0 Å². The molecule has 1 nitrogen and oxygen atoms in total. The molecule has 0 aliphatic carbocycles. The van der Waals surface area contributed by atoms with Gasteiger partial charge in [-0.25, -0.2) is 0 Å². The van der Waals surface area contributed by atoms with E-state index in [0.29, 0.717) is 6.04 Å². The van der Waals surface area contributed by atoms with Gasteiger partial charge in [0.25, 0.3) is 0 Å². The van der Waals surface area contributed by atoms with Crippen LogP contribution >= 0.6 is 23.4 Å². The average molecular weight is 194 g/mol. The minimum Gasteiger partial charge on any atom is -0.328 e. The van der Waals surface area contributed by atoms with E-state index < -0.39 is 0 Å².